The number of aromatic amines is 1. The van der Waals surface area contributed by atoms with Crippen molar-refractivity contribution < 1.29 is 8.42 Å². The molecule has 1 aromatic rings. The topological polar surface area (TPSA) is 78.1 Å². The summed E-state index contributed by atoms with van der Waals surface area (Å²) in [7, 11) is -1.86. The third kappa shape index (κ3) is 3.48. The van der Waals surface area contributed by atoms with Crippen LogP contribution in [0.2, 0.25) is 0 Å². The molecule has 1 aliphatic carbocycles. The smallest absolute Gasteiger partial charge is 0.280 e. The minimum absolute atomic E-state index is 0.107. The second-order valence-electron chi connectivity index (χ2n) is 5.05. The van der Waals surface area contributed by atoms with Crippen molar-refractivity contribution in [2.75, 3.05) is 11.8 Å². The molecule has 1 saturated carbocycles. The van der Waals surface area contributed by atoms with Crippen LogP contribution >= 0.6 is 0 Å². The van der Waals surface area contributed by atoms with E-state index in [1.807, 2.05) is 6.92 Å². The maximum atomic E-state index is 12.3. The molecule has 2 rings (SSSR count). The monoisotopic (exact) mass is 286 g/mol. The number of nitrogens with one attached hydrogen (secondary N) is 2. The fraction of sp³-hybridized carbons (Fsp3) is 0.750. The second-order valence-corrected chi connectivity index (χ2v) is 6.78. The first-order valence-electron chi connectivity index (χ1n) is 6.83. The van der Waals surface area contributed by atoms with E-state index >= 15 is 0 Å². The molecular formula is C12H22N4O2S. The summed E-state index contributed by atoms with van der Waals surface area (Å²) in [6, 6.07) is 1.84. The second kappa shape index (κ2) is 5.92. The van der Waals surface area contributed by atoms with Crippen LogP contribution < -0.4 is 4.72 Å². The molecule has 0 unspecified atom stereocenters. The van der Waals surface area contributed by atoms with Gasteiger partial charge in [0.2, 0.25) is 0 Å². The fourth-order valence-corrected chi connectivity index (χ4v) is 3.56. The summed E-state index contributed by atoms with van der Waals surface area (Å²) in [5, 5.41) is 6.76. The molecule has 0 aliphatic heterocycles. The number of hydrogen-bond acceptors (Lipinski definition) is 3. The van der Waals surface area contributed by atoms with Gasteiger partial charge in [0.05, 0.1) is 0 Å². The Kier molecular flexibility index (Phi) is 4.46. The number of aromatic nitrogens is 2. The molecule has 0 aromatic carbocycles. The molecule has 0 spiro atoms. The van der Waals surface area contributed by atoms with E-state index in [1.165, 1.54) is 10.7 Å². The first-order chi connectivity index (χ1) is 9.03. The van der Waals surface area contributed by atoms with Crippen molar-refractivity contribution in [2.45, 2.75) is 51.5 Å². The maximum absolute atomic E-state index is 12.3. The molecule has 0 amide bonds. The molecule has 0 atom stereocenters. The molecule has 1 aliphatic rings. The Labute approximate surface area is 114 Å². The van der Waals surface area contributed by atoms with E-state index in [0.717, 1.165) is 37.8 Å². The Morgan fingerprint density at radius 1 is 1.42 bits per heavy atom. The predicted octanol–water partition coefficient (Wildman–Crippen LogP) is 1.89. The van der Waals surface area contributed by atoms with E-state index < -0.39 is 10.2 Å². The van der Waals surface area contributed by atoms with Crippen LogP contribution in [0.1, 0.15) is 44.7 Å². The zero-order valence-electron chi connectivity index (χ0n) is 11.5. The lowest BCUT2D eigenvalue weighted by Crippen LogP contribution is -2.41. The average Bonchev–Trinajstić information content (AvgIpc) is 2.85. The fourth-order valence-electron chi connectivity index (χ4n) is 2.44. The van der Waals surface area contributed by atoms with Gasteiger partial charge in [-0.2, -0.15) is 17.8 Å². The molecule has 0 radical (unpaired) electrons. The van der Waals surface area contributed by atoms with Crippen molar-refractivity contribution in [1.82, 2.24) is 14.5 Å². The van der Waals surface area contributed by atoms with E-state index in [4.69, 9.17) is 0 Å². The van der Waals surface area contributed by atoms with Crippen molar-refractivity contribution in [1.29, 1.82) is 0 Å². The zero-order chi connectivity index (χ0) is 13.9. The van der Waals surface area contributed by atoms with Crippen molar-refractivity contribution in [3.63, 3.8) is 0 Å². The predicted molar refractivity (Wildman–Crippen MR) is 75.1 cm³/mol. The lowest BCUT2D eigenvalue weighted by molar-refractivity contribution is 0.287. The summed E-state index contributed by atoms with van der Waals surface area (Å²) in [5.41, 5.74) is 0.915. The third-order valence-electron chi connectivity index (χ3n) is 3.71. The number of rotatable bonds is 5. The third-order valence-corrected chi connectivity index (χ3v) is 5.24. The summed E-state index contributed by atoms with van der Waals surface area (Å²) in [6.07, 6.45) is 6.10. The van der Waals surface area contributed by atoms with Gasteiger partial charge in [-0.05, 0) is 19.3 Å². The molecule has 19 heavy (non-hydrogen) atoms. The average molecular weight is 286 g/mol. The normalized spacial score (nSPS) is 17.8. The van der Waals surface area contributed by atoms with E-state index in [-0.39, 0.29) is 6.04 Å². The number of nitrogens with zero attached hydrogens (tertiary/aromatic N) is 2. The number of hydrogen-bond donors (Lipinski definition) is 2. The lowest BCUT2D eigenvalue weighted by Gasteiger charge is -2.30. The molecule has 6 nitrogen and oxygen atoms in total. The summed E-state index contributed by atoms with van der Waals surface area (Å²) in [4.78, 5) is 0. The first-order valence-corrected chi connectivity index (χ1v) is 8.27. The molecule has 7 heteroatoms. The van der Waals surface area contributed by atoms with Crippen LogP contribution in [0.3, 0.4) is 0 Å². The van der Waals surface area contributed by atoms with E-state index in [9.17, 15) is 8.42 Å². The molecule has 1 fully saturated rings. The zero-order valence-corrected chi connectivity index (χ0v) is 12.3. The molecule has 0 saturated heterocycles. The molecule has 2 N–H and O–H groups in total. The van der Waals surface area contributed by atoms with Crippen LogP contribution in [-0.4, -0.2) is 36.0 Å². The summed E-state index contributed by atoms with van der Waals surface area (Å²) in [5.74, 6) is 0.361. The summed E-state index contributed by atoms with van der Waals surface area (Å²) in [6.45, 7) is 1.99. The Morgan fingerprint density at radius 3 is 2.68 bits per heavy atom. The summed E-state index contributed by atoms with van der Waals surface area (Å²) < 4.78 is 28.5. The van der Waals surface area contributed by atoms with Crippen LogP contribution in [0.15, 0.2) is 6.07 Å². The molecule has 1 aromatic heterocycles. The van der Waals surface area contributed by atoms with Crippen LogP contribution in [-0.2, 0) is 16.6 Å². The van der Waals surface area contributed by atoms with E-state index in [0.29, 0.717) is 5.82 Å². The Bertz CT molecular complexity index is 506. The molecule has 0 bridgehead atoms. The SMILES string of the molecule is CCc1cc(NS(=O)(=O)N(C)C2CCCCC2)n[nH]1. The van der Waals surface area contributed by atoms with E-state index in [1.54, 1.807) is 13.1 Å². The first kappa shape index (κ1) is 14.3. The van der Waals surface area contributed by atoms with Gasteiger partial charge < -0.3 is 0 Å². The molecule has 1 heterocycles. The van der Waals surface area contributed by atoms with Gasteiger partial charge in [0.25, 0.3) is 0 Å². The van der Waals surface area contributed by atoms with Gasteiger partial charge in [0, 0.05) is 24.8 Å². The highest BCUT2D eigenvalue weighted by molar-refractivity contribution is 7.90. The number of anilines is 1. The van der Waals surface area contributed by atoms with Gasteiger partial charge in [-0.1, -0.05) is 26.2 Å². The number of H-pyrrole nitrogens is 1. The van der Waals surface area contributed by atoms with Gasteiger partial charge in [0.15, 0.2) is 5.82 Å². The quantitative estimate of drug-likeness (QED) is 0.867. The lowest BCUT2D eigenvalue weighted by atomic mass is 9.96. The van der Waals surface area contributed by atoms with E-state index in [2.05, 4.69) is 14.9 Å². The number of aryl methyl sites for hydroxylation is 1. The minimum Gasteiger partial charge on any atom is -0.280 e. The maximum Gasteiger partial charge on any atom is 0.302 e. The van der Waals surface area contributed by atoms with Gasteiger partial charge in [-0.3, -0.25) is 9.82 Å². The highest BCUT2D eigenvalue weighted by Gasteiger charge is 2.27. The van der Waals surface area contributed by atoms with Crippen molar-refractivity contribution >= 4 is 16.0 Å². The van der Waals surface area contributed by atoms with Crippen molar-refractivity contribution in [3.8, 4) is 0 Å². The van der Waals surface area contributed by atoms with Gasteiger partial charge >= 0.3 is 10.2 Å². The van der Waals surface area contributed by atoms with Gasteiger partial charge in [-0.25, -0.2) is 0 Å². The van der Waals surface area contributed by atoms with Crippen LogP contribution in [0.25, 0.3) is 0 Å². The van der Waals surface area contributed by atoms with Crippen LogP contribution in [0, 0.1) is 0 Å². The molecule has 108 valence electrons. The van der Waals surface area contributed by atoms with Crippen LogP contribution in [0.5, 0.6) is 0 Å². The minimum atomic E-state index is -3.51. The standard InChI is InChI=1S/C12H22N4O2S/c1-3-10-9-12(14-13-10)15-19(17,18)16(2)11-7-5-4-6-8-11/h9,11H,3-8H2,1-2H3,(H2,13,14,15). The van der Waals surface area contributed by atoms with Crippen molar-refractivity contribution in [2.24, 2.45) is 0 Å². The van der Waals surface area contributed by atoms with Gasteiger partial charge in [-0.15, -0.1) is 0 Å². The Hall–Kier alpha value is -1.08. The van der Waals surface area contributed by atoms with Crippen LogP contribution in [0.4, 0.5) is 5.82 Å². The highest BCUT2D eigenvalue weighted by atomic mass is 32.2. The highest BCUT2D eigenvalue weighted by Crippen LogP contribution is 2.24. The van der Waals surface area contributed by atoms with Crippen molar-refractivity contribution in [3.05, 3.63) is 11.8 Å². The Balaban J connectivity index is 2.04. The molecular weight excluding hydrogens is 264 g/mol. The largest absolute Gasteiger partial charge is 0.302 e. The summed E-state index contributed by atoms with van der Waals surface area (Å²) >= 11 is 0. The van der Waals surface area contributed by atoms with Gasteiger partial charge in [0.1, 0.15) is 0 Å². The Morgan fingerprint density at radius 2 is 2.11 bits per heavy atom.